The average molecular weight is 284 g/mol. The van der Waals surface area contributed by atoms with Crippen LogP contribution in [0.4, 0.5) is 15.5 Å². The molecule has 5 heteroatoms. The quantitative estimate of drug-likeness (QED) is 0.658. The van der Waals surface area contributed by atoms with Crippen molar-refractivity contribution in [1.82, 2.24) is 0 Å². The first kappa shape index (κ1) is 12.5. The summed E-state index contributed by atoms with van der Waals surface area (Å²) in [7, 11) is 0. The minimum atomic E-state index is -0.303. The molecular weight excluding hydrogens is 272 g/mol. The van der Waals surface area contributed by atoms with Gasteiger partial charge in [0.05, 0.1) is 10.7 Å². The molecule has 1 heterocycles. The zero-order chi connectivity index (χ0) is 13.9. The van der Waals surface area contributed by atoms with E-state index in [9.17, 15) is 9.90 Å². The third-order valence-electron chi connectivity index (χ3n) is 2.91. The van der Waals surface area contributed by atoms with E-state index in [1.807, 2.05) is 29.6 Å². The maximum absolute atomic E-state index is 11.9. The molecule has 0 aliphatic carbocycles. The number of anilines is 2. The molecule has 0 spiro atoms. The topological polar surface area (TPSA) is 61.4 Å². The lowest BCUT2D eigenvalue weighted by Crippen LogP contribution is -2.18. The summed E-state index contributed by atoms with van der Waals surface area (Å²) in [5, 5.41) is 19.5. The van der Waals surface area contributed by atoms with Crippen LogP contribution in [0.15, 0.2) is 53.9 Å². The number of hydrogen-bond donors (Lipinski definition) is 3. The number of thiophene rings is 1. The third-order valence-corrected chi connectivity index (χ3v) is 3.69. The fourth-order valence-electron chi connectivity index (χ4n) is 2.02. The molecule has 0 unspecified atom stereocenters. The molecule has 0 radical (unpaired) electrons. The maximum Gasteiger partial charge on any atom is 0.324 e. The van der Waals surface area contributed by atoms with Crippen LogP contribution in [0, 0.1) is 0 Å². The number of carbonyl (C=O) groups is 1. The summed E-state index contributed by atoms with van der Waals surface area (Å²) in [6.45, 7) is 0. The van der Waals surface area contributed by atoms with Crippen molar-refractivity contribution >= 4 is 38.8 Å². The minimum absolute atomic E-state index is 0.199. The van der Waals surface area contributed by atoms with Crippen molar-refractivity contribution in [3.05, 3.63) is 53.9 Å². The number of fused-ring (bicyclic) bond motifs is 1. The molecule has 0 fully saturated rings. The first-order valence-electron chi connectivity index (χ1n) is 6.06. The molecule has 2 amide bonds. The van der Waals surface area contributed by atoms with Crippen LogP contribution in [0.1, 0.15) is 0 Å². The van der Waals surface area contributed by atoms with E-state index in [0.717, 1.165) is 10.4 Å². The number of amides is 2. The smallest absolute Gasteiger partial charge is 0.324 e. The highest BCUT2D eigenvalue weighted by Gasteiger charge is 2.07. The van der Waals surface area contributed by atoms with Crippen LogP contribution in [-0.4, -0.2) is 11.1 Å². The lowest BCUT2D eigenvalue weighted by atomic mass is 10.1. The van der Waals surface area contributed by atoms with Gasteiger partial charge < -0.3 is 10.4 Å². The largest absolute Gasteiger partial charge is 0.507 e. The Morgan fingerprint density at radius 2 is 1.75 bits per heavy atom. The molecule has 2 aromatic carbocycles. The Balaban J connectivity index is 1.87. The number of aromatic hydroxyl groups is 1. The van der Waals surface area contributed by atoms with Crippen LogP contribution < -0.4 is 10.6 Å². The summed E-state index contributed by atoms with van der Waals surface area (Å²) in [4.78, 5) is 11.9. The molecule has 0 aliphatic heterocycles. The van der Waals surface area contributed by atoms with Crippen LogP contribution in [0.2, 0.25) is 0 Å². The highest BCUT2D eigenvalue weighted by Crippen LogP contribution is 2.29. The number of urea groups is 1. The molecular formula is C15H12N2O2S. The van der Waals surface area contributed by atoms with E-state index in [1.54, 1.807) is 24.3 Å². The molecule has 0 bridgehead atoms. The summed E-state index contributed by atoms with van der Waals surface area (Å²) in [6.07, 6.45) is 0. The van der Waals surface area contributed by atoms with Crippen molar-refractivity contribution in [3.8, 4) is 5.75 Å². The van der Waals surface area contributed by atoms with Crippen LogP contribution in [0.25, 0.3) is 10.8 Å². The third kappa shape index (κ3) is 2.44. The molecule has 3 N–H and O–H groups in total. The molecule has 4 nitrogen and oxygen atoms in total. The molecule has 0 saturated carbocycles. The van der Waals surface area contributed by atoms with Crippen molar-refractivity contribution in [2.75, 3.05) is 10.6 Å². The van der Waals surface area contributed by atoms with E-state index in [2.05, 4.69) is 10.6 Å². The number of carbonyl (C=O) groups excluding carboxylic acids is 1. The van der Waals surface area contributed by atoms with Crippen molar-refractivity contribution in [2.45, 2.75) is 0 Å². The van der Waals surface area contributed by atoms with Gasteiger partial charge in [-0.15, -0.1) is 11.3 Å². The van der Waals surface area contributed by atoms with E-state index < -0.39 is 0 Å². The Morgan fingerprint density at radius 1 is 0.950 bits per heavy atom. The molecule has 0 saturated heterocycles. The van der Waals surface area contributed by atoms with Crippen molar-refractivity contribution in [2.24, 2.45) is 0 Å². The molecule has 3 aromatic rings. The molecule has 0 atom stereocenters. The van der Waals surface area contributed by atoms with Gasteiger partial charge in [0.2, 0.25) is 0 Å². The number of hydrogen-bond acceptors (Lipinski definition) is 3. The van der Waals surface area contributed by atoms with Gasteiger partial charge in [0, 0.05) is 10.8 Å². The van der Waals surface area contributed by atoms with Crippen molar-refractivity contribution in [1.29, 1.82) is 0 Å². The standard InChI is InChI=1S/C15H12N2O2S/c18-13-7-2-4-10-11(13)5-1-6-12(10)16-15(19)17-14-8-3-9-20-14/h1-9,18H,(H2,16,17,19). The van der Waals surface area contributed by atoms with Gasteiger partial charge in [-0.25, -0.2) is 4.79 Å². The first-order chi connectivity index (χ1) is 9.74. The lowest BCUT2D eigenvalue weighted by molar-refractivity contribution is 0.262. The Labute approximate surface area is 119 Å². The fraction of sp³-hybridized carbons (Fsp3) is 0. The Morgan fingerprint density at radius 3 is 2.55 bits per heavy atom. The lowest BCUT2D eigenvalue weighted by Gasteiger charge is -2.09. The van der Waals surface area contributed by atoms with E-state index in [0.29, 0.717) is 11.1 Å². The molecule has 20 heavy (non-hydrogen) atoms. The Bertz CT molecular complexity index is 754. The van der Waals surface area contributed by atoms with Crippen LogP contribution in [-0.2, 0) is 0 Å². The van der Waals surface area contributed by atoms with Crippen LogP contribution >= 0.6 is 11.3 Å². The summed E-state index contributed by atoms with van der Waals surface area (Å²) in [5.74, 6) is 0.199. The van der Waals surface area contributed by atoms with E-state index in [4.69, 9.17) is 0 Å². The Hall–Kier alpha value is -2.53. The van der Waals surface area contributed by atoms with Gasteiger partial charge in [-0.2, -0.15) is 0 Å². The normalized spacial score (nSPS) is 10.4. The van der Waals surface area contributed by atoms with E-state index in [1.165, 1.54) is 11.3 Å². The highest BCUT2D eigenvalue weighted by molar-refractivity contribution is 7.14. The Kier molecular flexibility index (Phi) is 3.26. The van der Waals surface area contributed by atoms with E-state index in [-0.39, 0.29) is 11.8 Å². The second-order valence-corrected chi connectivity index (χ2v) is 5.18. The van der Waals surface area contributed by atoms with Crippen LogP contribution in [0.3, 0.4) is 0 Å². The summed E-state index contributed by atoms with van der Waals surface area (Å²) >= 11 is 1.46. The molecule has 100 valence electrons. The van der Waals surface area contributed by atoms with Crippen molar-refractivity contribution < 1.29 is 9.90 Å². The summed E-state index contributed by atoms with van der Waals surface area (Å²) in [6, 6.07) is 14.0. The highest BCUT2D eigenvalue weighted by atomic mass is 32.1. The van der Waals surface area contributed by atoms with Gasteiger partial charge in [0.15, 0.2) is 0 Å². The van der Waals surface area contributed by atoms with Crippen LogP contribution in [0.5, 0.6) is 5.75 Å². The average Bonchev–Trinajstić information content (AvgIpc) is 2.93. The number of phenolic OH excluding ortho intramolecular Hbond substituents is 1. The number of nitrogens with one attached hydrogen (secondary N) is 2. The minimum Gasteiger partial charge on any atom is -0.507 e. The second kappa shape index (κ2) is 5.22. The molecule has 3 rings (SSSR count). The predicted octanol–water partition coefficient (Wildman–Crippen LogP) is 4.25. The predicted molar refractivity (Wildman–Crippen MR) is 82.6 cm³/mol. The number of rotatable bonds is 2. The van der Waals surface area contributed by atoms with E-state index >= 15 is 0 Å². The zero-order valence-electron chi connectivity index (χ0n) is 10.5. The van der Waals surface area contributed by atoms with Gasteiger partial charge >= 0.3 is 6.03 Å². The van der Waals surface area contributed by atoms with Crippen molar-refractivity contribution in [3.63, 3.8) is 0 Å². The zero-order valence-corrected chi connectivity index (χ0v) is 11.3. The first-order valence-corrected chi connectivity index (χ1v) is 6.94. The van der Waals surface area contributed by atoms with Gasteiger partial charge in [-0.3, -0.25) is 5.32 Å². The fourth-order valence-corrected chi connectivity index (χ4v) is 2.63. The molecule has 1 aromatic heterocycles. The summed E-state index contributed by atoms with van der Waals surface area (Å²) in [5.41, 5.74) is 0.660. The number of phenols is 1. The SMILES string of the molecule is O=C(Nc1cccs1)Nc1cccc2c(O)cccc12. The maximum atomic E-state index is 11.9. The second-order valence-electron chi connectivity index (χ2n) is 4.23. The van der Waals surface area contributed by atoms with Gasteiger partial charge in [0.1, 0.15) is 5.75 Å². The molecule has 0 aliphatic rings. The number of benzene rings is 2. The van der Waals surface area contributed by atoms with Gasteiger partial charge in [0.25, 0.3) is 0 Å². The van der Waals surface area contributed by atoms with Gasteiger partial charge in [-0.1, -0.05) is 24.3 Å². The monoisotopic (exact) mass is 284 g/mol. The van der Waals surface area contributed by atoms with Gasteiger partial charge in [-0.05, 0) is 29.6 Å². The summed E-state index contributed by atoms with van der Waals surface area (Å²) < 4.78 is 0.